The number of aromatic nitrogens is 3. The van der Waals surface area contributed by atoms with Crippen molar-refractivity contribution >= 4 is 39.1 Å². The number of amidine groups is 1. The van der Waals surface area contributed by atoms with E-state index in [0.29, 0.717) is 5.56 Å². The second kappa shape index (κ2) is 11.8. The Kier molecular flexibility index (Phi) is 9.25. The molecular formula is C23H22B3F5N6O3S. The lowest BCUT2D eigenvalue weighted by Crippen LogP contribution is -2.47. The van der Waals surface area contributed by atoms with E-state index in [2.05, 4.69) is 29.2 Å². The minimum atomic E-state index is -4.36. The van der Waals surface area contributed by atoms with Crippen LogP contribution in [-0.4, -0.2) is 84.7 Å². The average Bonchev–Trinajstić information content (AvgIpc) is 3.37. The number of nitrogens with zero attached hydrogens (tertiary/aromatic N) is 5. The van der Waals surface area contributed by atoms with Crippen molar-refractivity contribution in [2.75, 3.05) is 13.7 Å². The highest BCUT2D eigenvalue weighted by Crippen LogP contribution is 2.31. The molecule has 0 fully saturated rings. The molecule has 18 heteroatoms. The monoisotopic (exact) mass is 590 g/mol. The van der Waals surface area contributed by atoms with Gasteiger partial charge in [0.1, 0.15) is 27.8 Å². The van der Waals surface area contributed by atoms with Crippen LogP contribution in [0.3, 0.4) is 0 Å². The number of aliphatic imine (C=N–C) groups is 1. The van der Waals surface area contributed by atoms with Gasteiger partial charge < -0.3 is 15.0 Å². The number of ether oxygens (including phenoxy) is 1. The fourth-order valence-electron chi connectivity index (χ4n) is 3.35. The van der Waals surface area contributed by atoms with E-state index in [9.17, 15) is 26.2 Å². The fourth-order valence-corrected chi connectivity index (χ4v) is 5.58. The van der Waals surface area contributed by atoms with E-state index >= 15 is 0 Å². The van der Waals surface area contributed by atoms with Crippen molar-refractivity contribution in [2.45, 2.75) is 41.9 Å². The largest absolute Gasteiger partial charge is 0.470 e. The standard InChI is InChI=1S/C23H22B3F5N6O3S/c1-21(2,20(32)33-3)41(38,37-23(24,25)26)10-13-6-12(4-5-14(13)27)17-7-15(36-40-17)16-8-35-18(9-34-16)39-11-22(30,31)19(28)29/h4-9,19H,10-11H2,1-3H3,(H2,32,33). The summed E-state index contributed by atoms with van der Waals surface area (Å²) in [6.45, 7) is 1.38. The summed E-state index contributed by atoms with van der Waals surface area (Å²) in [5.41, 5.74) is 6.50. The molecule has 1 unspecified atom stereocenters. The third-order valence-electron chi connectivity index (χ3n) is 5.77. The Balaban J connectivity index is 1.90. The van der Waals surface area contributed by atoms with E-state index in [1.54, 1.807) is 0 Å². The SMILES string of the molecule is [B]C([B])([B])N=S(=O)(Cc1cc(-c2cc(-c3cnc(OCC(F)(F)C(F)F)cn3)no2)ccc1F)C(C)(C)C(N)=NC. The van der Waals surface area contributed by atoms with Crippen LogP contribution in [0.1, 0.15) is 19.4 Å². The zero-order valence-corrected chi connectivity index (χ0v) is 22.8. The number of halogens is 5. The van der Waals surface area contributed by atoms with Crippen molar-refractivity contribution < 1.29 is 35.4 Å². The Bertz CT molecular complexity index is 1540. The molecule has 0 amide bonds. The van der Waals surface area contributed by atoms with Gasteiger partial charge >= 0.3 is 12.3 Å². The minimum absolute atomic E-state index is 0.0489. The lowest BCUT2D eigenvalue weighted by atomic mass is 9.50. The van der Waals surface area contributed by atoms with E-state index < -0.39 is 56.1 Å². The predicted octanol–water partition coefficient (Wildman–Crippen LogP) is 3.07. The number of alkyl halides is 4. The minimum Gasteiger partial charge on any atom is -0.470 e. The maximum atomic E-state index is 14.9. The maximum Gasteiger partial charge on any atom is 0.340 e. The Hall–Kier alpha value is -3.43. The topological polar surface area (TPSA) is 129 Å². The van der Waals surface area contributed by atoms with Gasteiger partial charge in [-0.3, -0.25) is 9.36 Å². The molecule has 2 aromatic heterocycles. The first-order valence-electron chi connectivity index (χ1n) is 11.6. The van der Waals surface area contributed by atoms with Gasteiger partial charge in [0.15, 0.2) is 12.4 Å². The normalized spacial score (nSPS) is 14.6. The van der Waals surface area contributed by atoms with Gasteiger partial charge in [-0.05, 0) is 37.3 Å². The van der Waals surface area contributed by atoms with E-state index in [4.69, 9.17) is 33.8 Å². The molecule has 3 rings (SSSR count). The molecule has 41 heavy (non-hydrogen) atoms. The average molecular weight is 590 g/mol. The van der Waals surface area contributed by atoms with Crippen molar-refractivity contribution in [2.24, 2.45) is 15.1 Å². The quantitative estimate of drug-likeness (QED) is 0.157. The molecule has 0 bridgehead atoms. The smallest absolute Gasteiger partial charge is 0.340 e. The Labute approximate surface area is 237 Å². The highest BCUT2D eigenvalue weighted by Gasteiger charge is 2.42. The molecule has 9 nitrogen and oxygen atoms in total. The number of rotatable bonds is 11. The second-order valence-electron chi connectivity index (χ2n) is 9.36. The van der Waals surface area contributed by atoms with Crippen LogP contribution in [0.5, 0.6) is 5.88 Å². The van der Waals surface area contributed by atoms with Gasteiger partial charge in [0.05, 0.1) is 51.4 Å². The first-order chi connectivity index (χ1) is 18.9. The van der Waals surface area contributed by atoms with E-state index in [1.165, 1.54) is 39.1 Å². The van der Waals surface area contributed by atoms with Gasteiger partial charge in [-0.1, -0.05) is 5.16 Å². The van der Waals surface area contributed by atoms with Crippen LogP contribution in [0.2, 0.25) is 0 Å². The van der Waals surface area contributed by atoms with Gasteiger partial charge in [0, 0.05) is 24.2 Å². The van der Waals surface area contributed by atoms with Crippen molar-refractivity contribution in [3.05, 3.63) is 48.0 Å². The Morgan fingerprint density at radius 1 is 1.15 bits per heavy atom. The number of nitrogens with two attached hydrogens (primary N) is 1. The first-order valence-corrected chi connectivity index (χ1v) is 13.3. The van der Waals surface area contributed by atoms with Crippen molar-refractivity contribution in [1.82, 2.24) is 15.1 Å². The summed E-state index contributed by atoms with van der Waals surface area (Å²) >= 11 is 0. The van der Waals surface area contributed by atoms with Gasteiger partial charge in [-0.2, -0.15) is 8.78 Å². The van der Waals surface area contributed by atoms with E-state index in [0.717, 1.165) is 18.5 Å². The van der Waals surface area contributed by atoms with Crippen LogP contribution < -0.4 is 10.5 Å². The Morgan fingerprint density at radius 3 is 2.39 bits per heavy atom. The van der Waals surface area contributed by atoms with E-state index in [-0.39, 0.29) is 28.5 Å². The molecule has 0 saturated carbocycles. The zero-order chi connectivity index (χ0) is 30.8. The third kappa shape index (κ3) is 7.46. The first kappa shape index (κ1) is 32.1. The maximum absolute atomic E-state index is 14.9. The summed E-state index contributed by atoms with van der Waals surface area (Å²) in [4.78, 5) is 11.6. The van der Waals surface area contributed by atoms with Crippen molar-refractivity contribution in [3.63, 3.8) is 0 Å². The summed E-state index contributed by atoms with van der Waals surface area (Å²) in [6.07, 6.45) is -1.85. The van der Waals surface area contributed by atoms with Crippen LogP contribution in [0, 0.1) is 5.82 Å². The van der Waals surface area contributed by atoms with Gasteiger partial charge in [0.25, 0.3) is 0 Å². The van der Waals surface area contributed by atoms with Gasteiger partial charge in [-0.15, -0.1) is 0 Å². The molecular weight excluding hydrogens is 568 g/mol. The molecule has 2 N–H and O–H groups in total. The summed E-state index contributed by atoms with van der Waals surface area (Å²) in [5.74, 6) is -5.90. The third-order valence-corrected chi connectivity index (χ3v) is 8.89. The van der Waals surface area contributed by atoms with Crippen LogP contribution in [0.25, 0.3) is 22.7 Å². The second-order valence-corrected chi connectivity index (χ2v) is 12.1. The van der Waals surface area contributed by atoms with Crippen LogP contribution in [0.15, 0.2) is 50.5 Å². The van der Waals surface area contributed by atoms with Gasteiger partial charge in [-0.25, -0.2) is 27.3 Å². The molecule has 0 saturated heterocycles. The summed E-state index contributed by atoms with van der Waals surface area (Å²) < 4.78 is 92.1. The number of benzene rings is 1. The van der Waals surface area contributed by atoms with E-state index in [1.807, 2.05) is 0 Å². The lowest BCUT2D eigenvalue weighted by molar-refractivity contribution is -0.148. The van der Waals surface area contributed by atoms with Crippen molar-refractivity contribution in [3.8, 4) is 28.6 Å². The van der Waals surface area contributed by atoms with Crippen LogP contribution in [0.4, 0.5) is 22.0 Å². The molecule has 0 aliphatic rings. The molecule has 1 atom stereocenters. The summed E-state index contributed by atoms with van der Waals surface area (Å²) in [5, 5.41) is 1.64. The molecule has 3 aromatic rings. The number of hydrogen-bond donors (Lipinski definition) is 1. The molecule has 2 heterocycles. The highest BCUT2D eigenvalue weighted by atomic mass is 32.2. The summed E-state index contributed by atoms with van der Waals surface area (Å²) in [7, 11) is 14.7. The fraction of sp³-hybridized carbons (Fsp3) is 0.391. The molecule has 0 aliphatic carbocycles. The highest BCUT2D eigenvalue weighted by molar-refractivity contribution is 7.95. The zero-order valence-electron chi connectivity index (χ0n) is 22.0. The summed E-state index contributed by atoms with van der Waals surface area (Å²) in [6, 6.07) is 5.25. The van der Waals surface area contributed by atoms with Crippen LogP contribution in [-0.2, 0) is 15.5 Å². The molecule has 6 radical (unpaired) electrons. The lowest BCUT2D eigenvalue weighted by Gasteiger charge is -2.31. The Morgan fingerprint density at radius 2 is 1.83 bits per heavy atom. The molecule has 212 valence electrons. The van der Waals surface area contributed by atoms with Crippen molar-refractivity contribution in [1.29, 1.82) is 0 Å². The van der Waals surface area contributed by atoms with Gasteiger partial charge in [0.2, 0.25) is 5.88 Å². The molecule has 0 spiro atoms. The van der Waals surface area contributed by atoms with Crippen LogP contribution >= 0.6 is 0 Å². The predicted molar refractivity (Wildman–Crippen MR) is 145 cm³/mol. The molecule has 0 aliphatic heterocycles. The molecule has 1 aromatic carbocycles. The number of hydrogen-bond acceptors (Lipinski definition) is 8.